The lowest BCUT2D eigenvalue weighted by atomic mass is 10.0. The maximum atomic E-state index is 12.1. The molecule has 0 aromatic heterocycles. The number of likely N-dealkylation sites (tertiary alicyclic amines) is 1. The summed E-state index contributed by atoms with van der Waals surface area (Å²) in [7, 11) is 1.68. The fourth-order valence-corrected chi connectivity index (χ4v) is 2.57. The molecule has 108 valence electrons. The lowest BCUT2D eigenvalue weighted by molar-refractivity contribution is 0.0652. The molecule has 0 bridgehead atoms. The van der Waals surface area contributed by atoms with Gasteiger partial charge in [-0.2, -0.15) is 0 Å². The molecule has 21 heavy (non-hydrogen) atoms. The smallest absolute Gasteiger partial charge is 0.253 e. The van der Waals surface area contributed by atoms with Crippen LogP contribution in [0.25, 0.3) is 11.1 Å². The summed E-state index contributed by atoms with van der Waals surface area (Å²) in [6.07, 6.45) is 1.12. The van der Waals surface area contributed by atoms with E-state index in [4.69, 9.17) is 4.74 Å². The number of benzene rings is 2. The Kier molecular flexibility index (Phi) is 3.65. The molecule has 0 atom stereocenters. The Morgan fingerprint density at radius 3 is 2.24 bits per heavy atom. The Balaban J connectivity index is 1.83. The van der Waals surface area contributed by atoms with Gasteiger partial charge in [0.1, 0.15) is 5.75 Å². The minimum absolute atomic E-state index is 0.138. The van der Waals surface area contributed by atoms with E-state index < -0.39 is 0 Å². The predicted octanol–water partition coefficient (Wildman–Crippen LogP) is 3.52. The third-order valence-electron chi connectivity index (χ3n) is 4.00. The van der Waals surface area contributed by atoms with Crippen LogP contribution in [-0.4, -0.2) is 31.0 Å². The van der Waals surface area contributed by atoms with Gasteiger partial charge in [-0.15, -0.1) is 0 Å². The molecule has 3 rings (SSSR count). The largest absolute Gasteiger partial charge is 0.496 e. The average molecular weight is 281 g/mol. The molecule has 0 saturated carbocycles. The summed E-state index contributed by atoms with van der Waals surface area (Å²) in [5.41, 5.74) is 4.12. The van der Waals surface area contributed by atoms with Crippen molar-refractivity contribution in [1.29, 1.82) is 0 Å². The van der Waals surface area contributed by atoms with E-state index >= 15 is 0 Å². The van der Waals surface area contributed by atoms with E-state index in [1.54, 1.807) is 7.11 Å². The molecule has 1 amide bonds. The number of rotatable bonds is 3. The molecule has 3 nitrogen and oxygen atoms in total. The molecule has 3 heteroatoms. The Morgan fingerprint density at radius 2 is 1.71 bits per heavy atom. The van der Waals surface area contributed by atoms with Gasteiger partial charge in [0.05, 0.1) is 7.11 Å². The molecule has 2 aromatic carbocycles. The topological polar surface area (TPSA) is 29.5 Å². The number of methoxy groups -OCH3 is 1. The third-order valence-corrected chi connectivity index (χ3v) is 4.00. The number of amides is 1. The molecule has 1 saturated heterocycles. The summed E-state index contributed by atoms with van der Waals surface area (Å²) in [5, 5.41) is 0. The first kappa shape index (κ1) is 13.7. The van der Waals surface area contributed by atoms with Crippen molar-refractivity contribution in [2.24, 2.45) is 0 Å². The number of aryl methyl sites for hydroxylation is 1. The summed E-state index contributed by atoms with van der Waals surface area (Å²) in [6.45, 7) is 3.81. The number of nitrogens with zero attached hydrogens (tertiary/aromatic N) is 1. The molecule has 0 unspecified atom stereocenters. The highest BCUT2D eigenvalue weighted by atomic mass is 16.5. The molecular weight excluding hydrogens is 262 g/mol. The van der Waals surface area contributed by atoms with E-state index in [0.29, 0.717) is 0 Å². The average Bonchev–Trinajstić information content (AvgIpc) is 2.45. The number of hydrogen-bond donors (Lipinski definition) is 0. The van der Waals surface area contributed by atoms with Gasteiger partial charge in [-0.1, -0.05) is 18.2 Å². The van der Waals surface area contributed by atoms with Crippen LogP contribution >= 0.6 is 0 Å². The SMILES string of the molecule is COc1ccc(-c2ccc(C(=O)N3CCC3)cc2)cc1C. The summed E-state index contributed by atoms with van der Waals surface area (Å²) in [5.74, 6) is 1.03. The van der Waals surface area contributed by atoms with Crippen LogP contribution in [0.3, 0.4) is 0 Å². The van der Waals surface area contributed by atoms with E-state index in [1.807, 2.05) is 48.2 Å². The highest BCUT2D eigenvalue weighted by Crippen LogP contribution is 2.26. The number of hydrogen-bond acceptors (Lipinski definition) is 2. The summed E-state index contributed by atoms with van der Waals surface area (Å²) in [4.78, 5) is 14.0. The van der Waals surface area contributed by atoms with Crippen LogP contribution in [0.4, 0.5) is 0 Å². The standard InChI is InChI=1S/C18H19NO2/c1-13-12-16(8-9-17(13)21-2)14-4-6-15(7-5-14)18(20)19-10-3-11-19/h4-9,12H,3,10-11H2,1-2H3. The van der Waals surface area contributed by atoms with Gasteiger partial charge in [-0.25, -0.2) is 0 Å². The summed E-state index contributed by atoms with van der Waals surface area (Å²) >= 11 is 0. The number of ether oxygens (including phenoxy) is 1. The fourth-order valence-electron chi connectivity index (χ4n) is 2.57. The number of carbonyl (C=O) groups excluding carboxylic acids is 1. The van der Waals surface area contributed by atoms with Crippen LogP contribution in [0.5, 0.6) is 5.75 Å². The molecule has 0 aliphatic carbocycles. The quantitative estimate of drug-likeness (QED) is 0.861. The van der Waals surface area contributed by atoms with Crippen molar-refractivity contribution >= 4 is 5.91 Å². The Labute approximate surface area is 125 Å². The van der Waals surface area contributed by atoms with Crippen molar-refractivity contribution in [2.45, 2.75) is 13.3 Å². The zero-order valence-electron chi connectivity index (χ0n) is 12.4. The Morgan fingerprint density at radius 1 is 1.05 bits per heavy atom. The Bertz CT molecular complexity index is 657. The van der Waals surface area contributed by atoms with Gasteiger partial charge < -0.3 is 9.64 Å². The predicted molar refractivity (Wildman–Crippen MR) is 83.7 cm³/mol. The van der Waals surface area contributed by atoms with Gasteiger partial charge in [0.2, 0.25) is 0 Å². The highest BCUT2D eigenvalue weighted by Gasteiger charge is 2.21. The minimum Gasteiger partial charge on any atom is -0.496 e. The van der Waals surface area contributed by atoms with Gasteiger partial charge in [0, 0.05) is 18.7 Å². The molecule has 0 spiro atoms. The first-order chi connectivity index (χ1) is 10.2. The van der Waals surface area contributed by atoms with Crippen LogP contribution in [-0.2, 0) is 0 Å². The van der Waals surface area contributed by atoms with E-state index in [9.17, 15) is 4.79 Å². The second kappa shape index (κ2) is 5.60. The molecule has 0 radical (unpaired) electrons. The van der Waals surface area contributed by atoms with Gasteiger partial charge in [-0.3, -0.25) is 4.79 Å². The Hall–Kier alpha value is -2.29. The van der Waals surface area contributed by atoms with Crippen LogP contribution in [0.2, 0.25) is 0 Å². The lowest BCUT2D eigenvalue weighted by Crippen LogP contribution is -2.41. The summed E-state index contributed by atoms with van der Waals surface area (Å²) < 4.78 is 5.28. The minimum atomic E-state index is 0.138. The fraction of sp³-hybridized carbons (Fsp3) is 0.278. The second-order valence-corrected chi connectivity index (χ2v) is 5.41. The number of carbonyl (C=O) groups is 1. The van der Waals surface area contributed by atoms with Crippen molar-refractivity contribution in [3.05, 3.63) is 53.6 Å². The van der Waals surface area contributed by atoms with E-state index in [1.165, 1.54) is 0 Å². The van der Waals surface area contributed by atoms with Crippen molar-refractivity contribution in [1.82, 2.24) is 4.90 Å². The maximum absolute atomic E-state index is 12.1. The van der Waals surface area contributed by atoms with Crippen LogP contribution in [0.15, 0.2) is 42.5 Å². The second-order valence-electron chi connectivity index (χ2n) is 5.41. The molecule has 1 heterocycles. The molecule has 1 aliphatic heterocycles. The zero-order valence-corrected chi connectivity index (χ0v) is 12.4. The highest BCUT2D eigenvalue weighted by molar-refractivity contribution is 5.95. The van der Waals surface area contributed by atoms with Crippen molar-refractivity contribution in [3.8, 4) is 16.9 Å². The van der Waals surface area contributed by atoms with Gasteiger partial charge in [-0.05, 0) is 54.3 Å². The molecule has 1 aliphatic rings. The van der Waals surface area contributed by atoms with Crippen molar-refractivity contribution < 1.29 is 9.53 Å². The summed E-state index contributed by atoms with van der Waals surface area (Å²) in [6, 6.07) is 14.0. The monoisotopic (exact) mass is 281 g/mol. The van der Waals surface area contributed by atoms with E-state index in [-0.39, 0.29) is 5.91 Å². The van der Waals surface area contributed by atoms with Crippen molar-refractivity contribution in [2.75, 3.05) is 20.2 Å². The molecule has 0 N–H and O–H groups in total. The first-order valence-corrected chi connectivity index (χ1v) is 7.23. The van der Waals surface area contributed by atoms with E-state index in [2.05, 4.69) is 6.07 Å². The normalized spacial score (nSPS) is 13.7. The molecule has 1 fully saturated rings. The maximum Gasteiger partial charge on any atom is 0.253 e. The first-order valence-electron chi connectivity index (χ1n) is 7.23. The zero-order chi connectivity index (χ0) is 14.8. The van der Waals surface area contributed by atoms with Gasteiger partial charge in [0.15, 0.2) is 0 Å². The van der Waals surface area contributed by atoms with Crippen LogP contribution < -0.4 is 4.74 Å². The van der Waals surface area contributed by atoms with Gasteiger partial charge >= 0.3 is 0 Å². The van der Waals surface area contributed by atoms with E-state index in [0.717, 1.165) is 47.5 Å². The third kappa shape index (κ3) is 2.64. The lowest BCUT2D eigenvalue weighted by Gasteiger charge is -2.30. The van der Waals surface area contributed by atoms with Gasteiger partial charge in [0.25, 0.3) is 5.91 Å². The molecular formula is C18H19NO2. The molecule has 2 aromatic rings. The van der Waals surface area contributed by atoms with Crippen molar-refractivity contribution in [3.63, 3.8) is 0 Å². The van der Waals surface area contributed by atoms with Crippen LogP contribution in [0.1, 0.15) is 22.3 Å². The van der Waals surface area contributed by atoms with Crippen LogP contribution in [0, 0.1) is 6.92 Å².